The van der Waals surface area contributed by atoms with E-state index in [-0.39, 0.29) is 4.75 Å². The smallest absolute Gasteiger partial charge is 0.193 e. The SMILES string of the molecule is CCNC(=NCC1(Sc2ccccc2)CCCC1)N1CCC(c2ncn[nH]2)CC1. The number of hydrogen-bond donors (Lipinski definition) is 2. The summed E-state index contributed by atoms with van der Waals surface area (Å²) in [6.07, 6.45) is 8.92. The summed E-state index contributed by atoms with van der Waals surface area (Å²) in [5.41, 5.74) is 0. The number of aliphatic imine (C=N–C) groups is 1. The van der Waals surface area contributed by atoms with Crippen molar-refractivity contribution in [1.82, 2.24) is 25.4 Å². The van der Waals surface area contributed by atoms with E-state index in [9.17, 15) is 0 Å². The second-order valence-corrected chi connectivity index (χ2v) is 9.65. The van der Waals surface area contributed by atoms with Gasteiger partial charge in [0.15, 0.2) is 5.96 Å². The van der Waals surface area contributed by atoms with E-state index in [2.05, 4.69) is 62.7 Å². The molecule has 1 aliphatic heterocycles. The van der Waals surface area contributed by atoms with Gasteiger partial charge in [0, 0.05) is 35.2 Å². The van der Waals surface area contributed by atoms with Crippen LogP contribution in [-0.4, -0.2) is 57.0 Å². The molecule has 1 saturated carbocycles. The van der Waals surface area contributed by atoms with Crippen molar-refractivity contribution in [1.29, 1.82) is 0 Å². The van der Waals surface area contributed by atoms with Crippen molar-refractivity contribution in [3.8, 4) is 0 Å². The molecule has 2 aromatic rings. The summed E-state index contributed by atoms with van der Waals surface area (Å²) < 4.78 is 0.236. The molecule has 6 nitrogen and oxygen atoms in total. The van der Waals surface area contributed by atoms with E-state index in [1.165, 1.54) is 30.6 Å². The summed E-state index contributed by atoms with van der Waals surface area (Å²) in [5.74, 6) is 2.57. The van der Waals surface area contributed by atoms with Gasteiger partial charge >= 0.3 is 0 Å². The lowest BCUT2D eigenvalue weighted by Gasteiger charge is -2.34. The van der Waals surface area contributed by atoms with Crippen molar-refractivity contribution in [2.24, 2.45) is 4.99 Å². The van der Waals surface area contributed by atoms with Gasteiger partial charge in [0.2, 0.25) is 0 Å². The van der Waals surface area contributed by atoms with Crippen LogP contribution in [0.15, 0.2) is 46.5 Å². The predicted octanol–water partition coefficient (Wildman–Crippen LogP) is 4.05. The number of nitrogens with zero attached hydrogens (tertiary/aromatic N) is 4. The monoisotopic (exact) mass is 412 g/mol. The third-order valence-electron chi connectivity index (χ3n) is 6.06. The third kappa shape index (κ3) is 5.13. The highest BCUT2D eigenvalue weighted by Gasteiger charge is 2.35. The zero-order valence-corrected chi connectivity index (χ0v) is 18.1. The van der Waals surface area contributed by atoms with Gasteiger partial charge in [-0.3, -0.25) is 10.1 Å². The number of hydrogen-bond acceptors (Lipinski definition) is 4. The molecule has 2 fully saturated rings. The molecule has 2 heterocycles. The van der Waals surface area contributed by atoms with Crippen LogP contribution in [0.4, 0.5) is 0 Å². The summed E-state index contributed by atoms with van der Waals surface area (Å²) >= 11 is 2.03. The van der Waals surface area contributed by atoms with Crippen LogP contribution >= 0.6 is 11.8 Å². The Bertz CT molecular complexity index is 762. The van der Waals surface area contributed by atoms with Crippen molar-refractivity contribution in [2.45, 2.75) is 61.0 Å². The third-order valence-corrected chi connectivity index (χ3v) is 7.54. The quantitative estimate of drug-likeness (QED) is 0.553. The molecule has 2 aliphatic rings. The Hall–Kier alpha value is -2.02. The summed E-state index contributed by atoms with van der Waals surface area (Å²) in [6.45, 7) is 5.96. The maximum atomic E-state index is 5.15. The van der Waals surface area contributed by atoms with Crippen LogP contribution < -0.4 is 5.32 Å². The second kappa shape index (κ2) is 9.65. The van der Waals surface area contributed by atoms with Crippen molar-refractivity contribution < 1.29 is 0 Å². The Balaban J connectivity index is 1.42. The van der Waals surface area contributed by atoms with Crippen molar-refractivity contribution >= 4 is 17.7 Å². The number of piperidine rings is 1. The van der Waals surface area contributed by atoms with Gasteiger partial charge in [-0.25, -0.2) is 4.98 Å². The minimum absolute atomic E-state index is 0.236. The molecular weight excluding hydrogens is 380 g/mol. The van der Waals surface area contributed by atoms with E-state index in [4.69, 9.17) is 4.99 Å². The van der Waals surface area contributed by atoms with Gasteiger partial charge in [-0.2, -0.15) is 5.10 Å². The molecule has 1 aliphatic carbocycles. The zero-order chi connectivity index (χ0) is 19.9. The Kier molecular flexibility index (Phi) is 6.74. The summed E-state index contributed by atoms with van der Waals surface area (Å²) in [7, 11) is 0. The molecular formula is C22H32N6S. The number of benzene rings is 1. The van der Waals surface area contributed by atoms with Gasteiger partial charge in [0.05, 0.1) is 6.54 Å². The Morgan fingerprint density at radius 1 is 1.24 bits per heavy atom. The molecule has 0 radical (unpaired) electrons. The van der Waals surface area contributed by atoms with E-state index in [0.29, 0.717) is 5.92 Å². The minimum Gasteiger partial charge on any atom is -0.357 e. The van der Waals surface area contributed by atoms with Crippen LogP contribution in [0.5, 0.6) is 0 Å². The van der Waals surface area contributed by atoms with Crippen molar-refractivity contribution in [3.63, 3.8) is 0 Å². The van der Waals surface area contributed by atoms with Crippen LogP contribution in [-0.2, 0) is 0 Å². The van der Waals surface area contributed by atoms with Gasteiger partial charge < -0.3 is 10.2 Å². The fourth-order valence-electron chi connectivity index (χ4n) is 4.47. The first kappa shape index (κ1) is 20.3. The molecule has 0 amide bonds. The van der Waals surface area contributed by atoms with Crippen LogP contribution in [0.25, 0.3) is 0 Å². The largest absolute Gasteiger partial charge is 0.357 e. The maximum absolute atomic E-state index is 5.15. The van der Waals surface area contributed by atoms with Gasteiger partial charge in [-0.05, 0) is 44.7 Å². The molecule has 1 aromatic carbocycles. The first-order valence-corrected chi connectivity index (χ1v) is 11.7. The fraction of sp³-hybridized carbons (Fsp3) is 0.591. The predicted molar refractivity (Wildman–Crippen MR) is 119 cm³/mol. The van der Waals surface area contributed by atoms with E-state index in [1.54, 1.807) is 6.33 Å². The fourth-order valence-corrected chi connectivity index (χ4v) is 5.89. The summed E-state index contributed by atoms with van der Waals surface area (Å²) in [5, 5.41) is 10.6. The molecule has 2 N–H and O–H groups in total. The number of aromatic amines is 1. The highest BCUT2D eigenvalue weighted by Crippen LogP contribution is 2.45. The normalized spacial score (nSPS) is 20.2. The minimum atomic E-state index is 0.236. The van der Waals surface area contributed by atoms with Crippen LogP contribution in [0.2, 0.25) is 0 Å². The van der Waals surface area contributed by atoms with Crippen LogP contribution in [0.3, 0.4) is 0 Å². The Labute approximate surface area is 178 Å². The van der Waals surface area contributed by atoms with Gasteiger partial charge in [-0.1, -0.05) is 31.0 Å². The molecule has 0 unspecified atom stereocenters. The zero-order valence-electron chi connectivity index (χ0n) is 17.3. The summed E-state index contributed by atoms with van der Waals surface area (Å²) in [4.78, 5) is 13.3. The second-order valence-electron chi connectivity index (χ2n) is 8.11. The topological polar surface area (TPSA) is 69.2 Å². The molecule has 156 valence electrons. The lowest BCUT2D eigenvalue weighted by Crippen LogP contribution is -2.46. The standard InChI is InChI=1S/C22H32N6S/c1-2-23-21(28-14-10-18(11-15-28)20-25-17-26-27-20)24-16-22(12-6-7-13-22)29-19-8-4-3-5-9-19/h3-5,8-9,17-18H,2,6-7,10-16H2,1H3,(H,23,24)(H,25,26,27). The van der Waals surface area contributed by atoms with E-state index in [1.807, 2.05) is 11.8 Å². The number of nitrogens with one attached hydrogen (secondary N) is 2. The van der Waals surface area contributed by atoms with Gasteiger partial charge in [-0.15, -0.1) is 11.8 Å². The van der Waals surface area contributed by atoms with E-state index in [0.717, 1.165) is 50.8 Å². The maximum Gasteiger partial charge on any atom is 0.193 e. The first-order chi connectivity index (χ1) is 14.3. The molecule has 0 bridgehead atoms. The number of H-pyrrole nitrogens is 1. The first-order valence-electron chi connectivity index (χ1n) is 10.9. The molecule has 4 rings (SSSR count). The highest BCUT2D eigenvalue weighted by atomic mass is 32.2. The average molecular weight is 413 g/mol. The van der Waals surface area contributed by atoms with Crippen LogP contribution in [0.1, 0.15) is 57.2 Å². The summed E-state index contributed by atoms with van der Waals surface area (Å²) in [6, 6.07) is 10.8. The Morgan fingerprint density at radius 3 is 2.66 bits per heavy atom. The number of likely N-dealkylation sites (tertiary alicyclic amines) is 1. The molecule has 1 saturated heterocycles. The lowest BCUT2D eigenvalue weighted by molar-refractivity contribution is 0.298. The lowest BCUT2D eigenvalue weighted by atomic mass is 9.96. The average Bonchev–Trinajstić information content (AvgIpc) is 3.45. The Morgan fingerprint density at radius 2 is 2.00 bits per heavy atom. The van der Waals surface area contributed by atoms with E-state index < -0.39 is 0 Å². The molecule has 1 aromatic heterocycles. The number of thioether (sulfide) groups is 1. The number of aromatic nitrogens is 3. The number of rotatable bonds is 6. The highest BCUT2D eigenvalue weighted by molar-refractivity contribution is 8.00. The molecule has 29 heavy (non-hydrogen) atoms. The van der Waals surface area contributed by atoms with Gasteiger partial charge in [0.1, 0.15) is 12.2 Å². The molecule has 0 atom stereocenters. The number of guanidine groups is 1. The van der Waals surface area contributed by atoms with Crippen molar-refractivity contribution in [2.75, 3.05) is 26.2 Å². The molecule has 7 heteroatoms. The van der Waals surface area contributed by atoms with Crippen molar-refractivity contribution in [3.05, 3.63) is 42.5 Å². The van der Waals surface area contributed by atoms with Crippen LogP contribution in [0, 0.1) is 0 Å². The molecule has 0 spiro atoms. The van der Waals surface area contributed by atoms with Gasteiger partial charge in [0.25, 0.3) is 0 Å². The van der Waals surface area contributed by atoms with E-state index >= 15 is 0 Å².